The lowest BCUT2D eigenvalue weighted by Crippen LogP contribution is -2.13. The Morgan fingerprint density at radius 2 is 1.18 bits per heavy atom. The third kappa shape index (κ3) is 12.5. The topological polar surface area (TPSA) is 199 Å². The molecule has 0 bridgehead atoms. The van der Waals surface area contributed by atoms with Crippen molar-refractivity contribution < 1.29 is 38.2 Å². The summed E-state index contributed by atoms with van der Waals surface area (Å²) in [6, 6.07) is 19.5. The lowest BCUT2D eigenvalue weighted by molar-refractivity contribution is -0.115. The molecule has 3 amide bonds. The van der Waals surface area contributed by atoms with E-state index in [1.54, 1.807) is 79.0 Å². The van der Waals surface area contributed by atoms with Crippen LogP contribution in [-0.4, -0.2) is 59.2 Å². The Morgan fingerprint density at radius 3 is 1.71 bits per heavy atom. The van der Waals surface area contributed by atoms with Crippen molar-refractivity contribution in [3.8, 4) is 0 Å². The zero-order chi connectivity index (χ0) is 36.8. The predicted octanol–water partition coefficient (Wildman–Crippen LogP) is 5.22. The van der Waals surface area contributed by atoms with Gasteiger partial charge in [0.2, 0.25) is 17.7 Å². The van der Waals surface area contributed by atoms with Crippen molar-refractivity contribution in [2.75, 3.05) is 34.6 Å². The van der Waals surface area contributed by atoms with Crippen molar-refractivity contribution in [3.63, 3.8) is 0 Å². The molecule has 4 aromatic rings. The highest BCUT2D eigenvalue weighted by molar-refractivity contribution is 5.93. The standard InChI is InChI=1S/C36H37N7O8/c1-5-49-21-38-31-14-26(15-32(42-31)39-22(2)44)19-50-35(47)28-9-11-30(12-10-28)37-18-25-7-6-8-29(13-25)36(48)51-20-27-16-33(40-23(3)45)43-34(17-27)41-24(4)46/h6-18H,5,19-21H2,1-4H3,(H2,38,39,42,44)(H2,40,41,43,45,46)/b37-18+. The monoisotopic (exact) mass is 695 g/mol. The van der Waals surface area contributed by atoms with Crippen LogP contribution in [0, 0.1) is 0 Å². The highest BCUT2D eigenvalue weighted by Crippen LogP contribution is 2.19. The van der Waals surface area contributed by atoms with E-state index in [4.69, 9.17) is 14.2 Å². The molecule has 264 valence electrons. The van der Waals surface area contributed by atoms with E-state index in [9.17, 15) is 24.0 Å². The number of aromatic nitrogens is 2. The largest absolute Gasteiger partial charge is 0.457 e. The maximum absolute atomic E-state index is 12.9. The normalized spacial score (nSPS) is 10.7. The fourth-order valence-corrected chi connectivity index (χ4v) is 4.43. The van der Waals surface area contributed by atoms with E-state index in [-0.39, 0.29) is 54.9 Å². The van der Waals surface area contributed by atoms with E-state index in [2.05, 4.69) is 36.2 Å². The molecule has 51 heavy (non-hydrogen) atoms. The summed E-state index contributed by atoms with van der Waals surface area (Å²) in [5, 5.41) is 10.7. The number of hydrogen-bond acceptors (Lipinski definition) is 12. The van der Waals surface area contributed by atoms with Crippen LogP contribution in [0.3, 0.4) is 0 Å². The maximum atomic E-state index is 12.9. The summed E-state index contributed by atoms with van der Waals surface area (Å²) in [6.07, 6.45) is 1.57. The molecule has 0 spiro atoms. The van der Waals surface area contributed by atoms with Gasteiger partial charge in [0.15, 0.2) is 0 Å². The first-order valence-electron chi connectivity index (χ1n) is 15.7. The first-order chi connectivity index (χ1) is 24.5. The number of benzene rings is 2. The van der Waals surface area contributed by atoms with Crippen LogP contribution in [0.5, 0.6) is 0 Å². The van der Waals surface area contributed by atoms with E-state index in [1.807, 2.05) is 6.92 Å². The molecular weight excluding hydrogens is 658 g/mol. The third-order valence-corrected chi connectivity index (χ3v) is 6.57. The number of carbonyl (C=O) groups is 5. The molecule has 0 unspecified atom stereocenters. The number of nitrogens with zero attached hydrogens (tertiary/aromatic N) is 3. The number of anilines is 4. The Labute approximate surface area is 293 Å². The molecule has 0 radical (unpaired) electrons. The number of rotatable bonds is 15. The minimum absolute atomic E-state index is 0.0608. The number of carbonyl (C=O) groups excluding carboxylic acids is 5. The first kappa shape index (κ1) is 37.3. The molecular formula is C36H37N7O8. The molecule has 4 rings (SSSR count). The molecule has 0 atom stereocenters. The first-order valence-corrected chi connectivity index (χ1v) is 15.7. The summed E-state index contributed by atoms with van der Waals surface area (Å²) in [5.74, 6) is -0.971. The van der Waals surface area contributed by atoms with Gasteiger partial charge in [0.25, 0.3) is 0 Å². The molecule has 0 fully saturated rings. The summed E-state index contributed by atoms with van der Waals surface area (Å²) in [5.41, 5.74) is 2.89. The summed E-state index contributed by atoms with van der Waals surface area (Å²) < 4.78 is 16.3. The Kier molecular flexibility index (Phi) is 13.4. The molecule has 0 saturated carbocycles. The molecule has 15 heteroatoms. The van der Waals surface area contributed by atoms with Gasteiger partial charge in [-0.25, -0.2) is 19.6 Å². The van der Waals surface area contributed by atoms with Gasteiger partial charge >= 0.3 is 11.9 Å². The lowest BCUT2D eigenvalue weighted by atomic mass is 10.1. The van der Waals surface area contributed by atoms with Crippen LogP contribution in [0.1, 0.15) is 65.1 Å². The molecule has 0 saturated heterocycles. The van der Waals surface area contributed by atoms with E-state index in [0.717, 1.165) is 0 Å². The Morgan fingerprint density at radius 1 is 0.667 bits per heavy atom. The van der Waals surface area contributed by atoms with Crippen molar-refractivity contribution >= 4 is 64.8 Å². The van der Waals surface area contributed by atoms with E-state index in [0.29, 0.717) is 46.2 Å². The molecule has 0 aliphatic heterocycles. The van der Waals surface area contributed by atoms with Crippen LogP contribution < -0.4 is 21.3 Å². The average Bonchev–Trinajstić information content (AvgIpc) is 3.08. The predicted molar refractivity (Wildman–Crippen MR) is 190 cm³/mol. The number of amides is 3. The van der Waals surface area contributed by atoms with Crippen molar-refractivity contribution in [1.82, 2.24) is 9.97 Å². The maximum Gasteiger partial charge on any atom is 0.338 e. The molecule has 15 nitrogen and oxygen atoms in total. The summed E-state index contributed by atoms with van der Waals surface area (Å²) in [7, 11) is 0. The van der Waals surface area contributed by atoms with Crippen molar-refractivity contribution in [3.05, 3.63) is 101 Å². The molecule has 0 aliphatic carbocycles. The van der Waals surface area contributed by atoms with Crippen LogP contribution in [0.25, 0.3) is 0 Å². The number of hydrogen-bond donors (Lipinski definition) is 4. The van der Waals surface area contributed by atoms with Crippen LogP contribution >= 0.6 is 0 Å². The fraction of sp³-hybridized carbons (Fsp3) is 0.222. The minimum Gasteiger partial charge on any atom is -0.457 e. The zero-order valence-corrected chi connectivity index (χ0v) is 28.4. The molecule has 2 aromatic carbocycles. The van der Waals surface area contributed by atoms with Gasteiger partial charge in [-0.15, -0.1) is 0 Å². The van der Waals surface area contributed by atoms with Crippen LogP contribution in [0.15, 0.2) is 77.8 Å². The van der Waals surface area contributed by atoms with Gasteiger partial charge in [0.1, 0.15) is 43.2 Å². The van der Waals surface area contributed by atoms with E-state index >= 15 is 0 Å². The SMILES string of the molecule is CCOCNc1cc(COC(=O)c2ccc(/N=C/c3cccc(C(=O)OCc4cc(NC(C)=O)nc(NC(C)=O)c4)c3)cc2)cc(NC(C)=O)n1. The number of esters is 2. The quantitative estimate of drug-likeness (QED) is 0.0550. The fourth-order valence-electron chi connectivity index (χ4n) is 4.43. The van der Waals surface area contributed by atoms with Gasteiger partial charge in [-0.05, 0) is 84.3 Å². The van der Waals surface area contributed by atoms with Gasteiger partial charge in [-0.2, -0.15) is 0 Å². The van der Waals surface area contributed by atoms with Gasteiger partial charge < -0.3 is 35.5 Å². The highest BCUT2D eigenvalue weighted by atomic mass is 16.5. The lowest BCUT2D eigenvalue weighted by Gasteiger charge is -2.11. The summed E-state index contributed by atoms with van der Waals surface area (Å²) in [6.45, 7) is 6.42. The van der Waals surface area contributed by atoms with Crippen molar-refractivity contribution in [2.24, 2.45) is 4.99 Å². The smallest absolute Gasteiger partial charge is 0.338 e. The van der Waals surface area contributed by atoms with Gasteiger partial charge in [0.05, 0.1) is 16.8 Å². The van der Waals surface area contributed by atoms with Crippen molar-refractivity contribution in [2.45, 2.75) is 40.9 Å². The van der Waals surface area contributed by atoms with Gasteiger partial charge in [-0.3, -0.25) is 19.4 Å². The second-order valence-corrected chi connectivity index (χ2v) is 10.9. The van der Waals surface area contributed by atoms with Gasteiger partial charge in [0, 0.05) is 33.6 Å². The number of aliphatic imine (C=N–C) groups is 1. The van der Waals surface area contributed by atoms with Crippen LogP contribution in [-0.2, 0) is 41.8 Å². The Balaban J connectivity index is 1.35. The molecule has 2 heterocycles. The summed E-state index contributed by atoms with van der Waals surface area (Å²) in [4.78, 5) is 73.1. The highest BCUT2D eigenvalue weighted by Gasteiger charge is 2.12. The average molecular weight is 696 g/mol. The molecule has 4 N–H and O–H groups in total. The number of pyridine rings is 2. The van der Waals surface area contributed by atoms with Crippen LogP contribution in [0.4, 0.5) is 29.0 Å². The second kappa shape index (κ2) is 18.3. The Hall–Kier alpha value is -6.48. The molecule has 0 aliphatic rings. The Bertz CT molecular complexity index is 1900. The summed E-state index contributed by atoms with van der Waals surface area (Å²) >= 11 is 0. The number of ether oxygens (including phenoxy) is 3. The van der Waals surface area contributed by atoms with Crippen LogP contribution in [0.2, 0.25) is 0 Å². The minimum atomic E-state index is -0.594. The molecule has 2 aromatic heterocycles. The number of nitrogens with one attached hydrogen (secondary N) is 4. The zero-order valence-electron chi connectivity index (χ0n) is 28.4. The second-order valence-electron chi connectivity index (χ2n) is 10.9. The van der Waals surface area contributed by atoms with E-state index < -0.39 is 11.9 Å². The van der Waals surface area contributed by atoms with Crippen molar-refractivity contribution in [1.29, 1.82) is 0 Å². The third-order valence-electron chi connectivity index (χ3n) is 6.57. The van der Waals surface area contributed by atoms with E-state index in [1.165, 1.54) is 20.8 Å². The van der Waals surface area contributed by atoms with Gasteiger partial charge in [-0.1, -0.05) is 12.1 Å².